The van der Waals surface area contributed by atoms with Gasteiger partial charge in [0.15, 0.2) is 17.5 Å². The molecule has 41 heavy (non-hydrogen) atoms. The Morgan fingerprint density at radius 3 is 1.80 bits per heavy atom. The third-order valence-corrected chi connectivity index (χ3v) is 7.54. The first-order valence-corrected chi connectivity index (χ1v) is 13.6. The molecule has 0 aliphatic carbocycles. The molecule has 0 aliphatic rings. The Morgan fingerprint density at radius 2 is 1.00 bits per heavy atom. The highest BCUT2D eigenvalue weighted by Gasteiger charge is 2.21. The molecule has 0 spiro atoms. The molecular weight excluding hydrogens is 502 g/mol. The lowest BCUT2D eigenvalue weighted by molar-refractivity contribution is 0.669. The second-order valence-electron chi connectivity index (χ2n) is 10.0. The zero-order valence-corrected chi connectivity index (χ0v) is 22.0. The SMILES string of the molecule is c1ccc(-c2nc(-c3ccc4oc5ccccc5c4c3-c3ccccc3)nc(-c3cccc4ccccc34)n2)cc1. The lowest BCUT2D eigenvalue weighted by atomic mass is 9.93. The van der Waals surface area contributed by atoms with Crippen LogP contribution in [0.1, 0.15) is 0 Å². The zero-order valence-electron chi connectivity index (χ0n) is 22.0. The monoisotopic (exact) mass is 525 g/mol. The fourth-order valence-electron chi connectivity index (χ4n) is 5.66. The van der Waals surface area contributed by atoms with Crippen LogP contribution in [0.4, 0.5) is 0 Å². The predicted molar refractivity (Wildman–Crippen MR) is 166 cm³/mol. The van der Waals surface area contributed by atoms with Gasteiger partial charge in [-0.1, -0.05) is 121 Å². The van der Waals surface area contributed by atoms with E-state index in [9.17, 15) is 0 Å². The van der Waals surface area contributed by atoms with E-state index in [1.165, 1.54) is 0 Å². The molecule has 0 bridgehead atoms. The molecule has 0 fully saturated rings. The summed E-state index contributed by atoms with van der Waals surface area (Å²) in [6.45, 7) is 0. The van der Waals surface area contributed by atoms with Gasteiger partial charge in [0.2, 0.25) is 0 Å². The van der Waals surface area contributed by atoms with Crippen LogP contribution in [0.3, 0.4) is 0 Å². The fourth-order valence-corrected chi connectivity index (χ4v) is 5.66. The normalized spacial score (nSPS) is 11.4. The van der Waals surface area contributed by atoms with Crippen LogP contribution in [0.25, 0.3) is 78.0 Å². The van der Waals surface area contributed by atoms with Gasteiger partial charge in [-0.2, -0.15) is 0 Å². The molecule has 0 unspecified atom stereocenters. The van der Waals surface area contributed by atoms with E-state index < -0.39 is 0 Å². The van der Waals surface area contributed by atoms with Gasteiger partial charge in [-0.15, -0.1) is 0 Å². The maximum atomic E-state index is 6.29. The minimum Gasteiger partial charge on any atom is -0.456 e. The molecule has 0 saturated heterocycles. The summed E-state index contributed by atoms with van der Waals surface area (Å²) in [7, 11) is 0. The third kappa shape index (κ3) is 3.97. The van der Waals surface area contributed by atoms with Crippen molar-refractivity contribution < 1.29 is 4.42 Å². The number of furan rings is 1. The van der Waals surface area contributed by atoms with Gasteiger partial charge in [-0.05, 0) is 34.5 Å². The van der Waals surface area contributed by atoms with E-state index in [0.717, 1.165) is 60.5 Å². The number of benzene rings is 6. The summed E-state index contributed by atoms with van der Waals surface area (Å²) in [5, 5.41) is 4.36. The van der Waals surface area contributed by atoms with Crippen molar-refractivity contribution in [3.63, 3.8) is 0 Å². The molecule has 0 saturated carbocycles. The molecule has 0 radical (unpaired) electrons. The van der Waals surface area contributed by atoms with Gasteiger partial charge >= 0.3 is 0 Å². The Kier molecular flexibility index (Phi) is 5.42. The van der Waals surface area contributed by atoms with Crippen LogP contribution in [0.2, 0.25) is 0 Å². The van der Waals surface area contributed by atoms with Crippen molar-refractivity contribution >= 4 is 32.7 Å². The maximum Gasteiger partial charge on any atom is 0.164 e. The first kappa shape index (κ1) is 23.3. The van der Waals surface area contributed by atoms with E-state index >= 15 is 0 Å². The van der Waals surface area contributed by atoms with E-state index in [1.54, 1.807) is 0 Å². The molecule has 0 amide bonds. The van der Waals surface area contributed by atoms with Crippen LogP contribution in [0.15, 0.2) is 144 Å². The Morgan fingerprint density at radius 1 is 0.390 bits per heavy atom. The minimum absolute atomic E-state index is 0.618. The molecule has 0 N–H and O–H groups in total. The van der Waals surface area contributed by atoms with E-state index in [-0.39, 0.29) is 0 Å². The maximum absolute atomic E-state index is 6.29. The number of rotatable bonds is 4. The van der Waals surface area contributed by atoms with Crippen LogP contribution in [0, 0.1) is 0 Å². The van der Waals surface area contributed by atoms with Gasteiger partial charge in [0.25, 0.3) is 0 Å². The number of hydrogen-bond acceptors (Lipinski definition) is 4. The van der Waals surface area contributed by atoms with Crippen LogP contribution in [0.5, 0.6) is 0 Å². The standard InChI is InChI=1S/C37H23N3O/c1-3-13-25(14-4-1)33-30(22-23-32-34(33)29-19-9-10-21-31(29)41-32)37-39-35(26-15-5-2-6-16-26)38-36(40-37)28-20-11-17-24-12-7-8-18-27(24)28/h1-23H. The lowest BCUT2D eigenvalue weighted by Crippen LogP contribution is -2.01. The molecular formula is C37H23N3O. The summed E-state index contributed by atoms with van der Waals surface area (Å²) in [5.41, 5.74) is 6.65. The minimum atomic E-state index is 0.618. The van der Waals surface area contributed by atoms with E-state index in [4.69, 9.17) is 19.4 Å². The van der Waals surface area contributed by atoms with Gasteiger partial charge in [-0.25, -0.2) is 15.0 Å². The van der Waals surface area contributed by atoms with Crippen molar-refractivity contribution in [1.82, 2.24) is 15.0 Å². The highest BCUT2D eigenvalue weighted by atomic mass is 16.3. The second-order valence-corrected chi connectivity index (χ2v) is 10.0. The molecule has 0 atom stereocenters. The van der Waals surface area contributed by atoms with Crippen molar-refractivity contribution in [3.8, 4) is 45.3 Å². The summed E-state index contributed by atoms with van der Waals surface area (Å²) >= 11 is 0. The van der Waals surface area contributed by atoms with Gasteiger partial charge in [0.1, 0.15) is 11.2 Å². The summed E-state index contributed by atoms with van der Waals surface area (Å²) in [4.78, 5) is 15.3. The average molecular weight is 526 g/mol. The van der Waals surface area contributed by atoms with E-state index in [0.29, 0.717) is 17.5 Å². The molecule has 2 aromatic heterocycles. The predicted octanol–water partition coefficient (Wildman–Crippen LogP) is 9.59. The molecule has 2 heterocycles. The van der Waals surface area contributed by atoms with Gasteiger partial charge in [0.05, 0.1) is 0 Å². The molecule has 4 heteroatoms. The van der Waals surface area contributed by atoms with E-state index in [2.05, 4.69) is 78.9 Å². The summed E-state index contributed by atoms with van der Waals surface area (Å²) in [6, 6.07) is 47.4. The number of hydrogen-bond donors (Lipinski definition) is 0. The number of aromatic nitrogens is 3. The van der Waals surface area contributed by atoms with Crippen LogP contribution < -0.4 is 0 Å². The molecule has 8 rings (SSSR count). The summed E-state index contributed by atoms with van der Waals surface area (Å²) in [6.07, 6.45) is 0. The second kappa shape index (κ2) is 9.54. The quantitative estimate of drug-likeness (QED) is 0.230. The first-order chi connectivity index (χ1) is 20.3. The van der Waals surface area contributed by atoms with Crippen molar-refractivity contribution in [2.24, 2.45) is 0 Å². The zero-order chi connectivity index (χ0) is 27.2. The molecule has 4 nitrogen and oxygen atoms in total. The average Bonchev–Trinajstić information content (AvgIpc) is 3.43. The smallest absolute Gasteiger partial charge is 0.164 e. The van der Waals surface area contributed by atoms with Crippen LogP contribution in [-0.2, 0) is 0 Å². The molecule has 0 aliphatic heterocycles. The largest absolute Gasteiger partial charge is 0.456 e. The highest BCUT2D eigenvalue weighted by molar-refractivity contribution is 6.15. The first-order valence-electron chi connectivity index (χ1n) is 13.6. The summed E-state index contributed by atoms with van der Waals surface area (Å²) in [5.74, 6) is 1.89. The topological polar surface area (TPSA) is 51.8 Å². The van der Waals surface area contributed by atoms with Crippen molar-refractivity contribution in [2.45, 2.75) is 0 Å². The number of para-hydroxylation sites is 1. The van der Waals surface area contributed by atoms with Gasteiger partial charge in [-0.3, -0.25) is 0 Å². The van der Waals surface area contributed by atoms with Crippen molar-refractivity contribution in [3.05, 3.63) is 140 Å². The number of nitrogens with zero attached hydrogens (tertiary/aromatic N) is 3. The van der Waals surface area contributed by atoms with Crippen molar-refractivity contribution in [2.75, 3.05) is 0 Å². The lowest BCUT2D eigenvalue weighted by Gasteiger charge is -2.14. The van der Waals surface area contributed by atoms with Crippen LogP contribution in [-0.4, -0.2) is 15.0 Å². The van der Waals surface area contributed by atoms with E-state index in [1.807, 2.05) is 60.7 Å². The van der Waals surface area contributed by atoms with Crippen molar-refractivity contribution in [1.29, 1.82) is 0 Å². The van der Waals surface area contributed by atoms with Crippen LogP contribution >= 0.6 is 0 Å². The van der Waals surface area contributed by atoms with Gasteiger partial charge < -0.3 is 4.42 Å². The Hall–Kier alpha value is -5.61. The summed E-state index contributed by atoms with van der Waals surface area (Å²) < 4.78 is 6.29. The van der Waals surface area contributed by atoms with Gasteiger partial charge in [0, 0.05) is 33.0 Å². The third-order valence-electron chi connectivity index (χ3n) is 7.54. The Labute approximate surface area is 236 Å². The molecule has 8 aromatic rings. The number of fused-ring (bicyclic) bond motifs is 4. The fraction of sp³-hybridized carbons (Fsp3) is 0. The molecule has 6 aromatic carbocycles. The highest BCUT2D eigenvalue weighted by Crippen LogP contribution is 2.42. The molecule has 192 valence electrons. The Bertz CT molecular complexity index is 2200. The Balaban J connectivity index is 1.47.